The Hall–Kier alpha value is -2.00. The molecule has 3 rings (SSSR count). The second-order valence-electron chi connectivity index (χ2n) is 4.67. The summed E-state index contributed by atoms with van der Waals surface area (Å²) in [6.45, 7) is 2.04. The highest BCUT2D eigenvalue weighted by Gasteiger charge is 2.14. The molecular formula is C15H14ClN3. The normalized spacial score (nSPS) is 11.1. The van der Waals surface area contributed by atoms with E-state index in [0.29, 0.717) is 5.02 Å². The van der Waals surface area contributed by atoms with Gasteiger partial charge in [-0.3, -0.25) is 0 Å². The van der Waals surface area contributed by atoms with Crippen LogP contribution >= 0.6 is 11.6 Å². The maximum Gasteiger partial charge on any atom is 0.143 e. The number of aryl methyl sites for hydroxylation is 2. The lowest BCUT2D eigenvalue weighted by molar-refractivity contribution is 0.958. The highest BCUT2D eigenvalue weighted by Crippen LogP contribution is 2.31. The van der Waals surface area contributed by atoms with Gasteiger partial charge in [0.25, 0.3) is 0 Å². The second-order valence-corrected chi connectivity index (χ2v) is 5.10. The second kappa shape index (κ2) is 4.28. The fourth-order valence-corrected chi connectivity index (χ4v) is 2.55. The summed E-state index contributed by atoms with van der Waals surface area (Å²) in [6.07, 6.45) is 0. The summed E-state index contributed by atoms with van der Waals surface area (Å²) < 4.78 is 2.03. The molecule has 0 aliphatic heterocycles. The Labute approximate surface area is 116 Å². The molecule has 0 radical (unpaired) electrons. The van der Waals surface area contributed by atoms with E-state index in [9.17, 15) is 0 Å². The number of fused-ring (bicyclic) bond motifs is 1. The van der Waals surface area contributed by atoms with Gasteiger partial charge in [0.1, 0.15) is 5.82 Å². The fourth-order valence-electron chi connectivity index (χ4n) is 2.38. The van der Waals surface area contributed by atoms with E-state index in [-0.39, 0.29) is 0 Å². The third-order valence-corrected chi connectivity index (χ3v) is 3.61. The van der Waals surface area contributed by atoms with Gasteiger partial charge in [-0.15, -0.1) is 0 Å². The summed E-state index contributed by atoms with van der Waals surface area (Å²) >= 11 is 6.04. The maximum atomic E-state index is 6.09. The summed E-state index contributed by atoms with van der Waals surface area (Å²) in [7, 11) is 1.98. The van der Waals surface area contributed by atoms with Crippen molar-refractivity contribution < 1.29 is 0 Å². The number of hydrogen-bond donors (Lipinski definition) is 1. The van der Waals surface area contributed by atoms with Crippen LogP contribution in [-0.2, 0) is 7.05 Å². The minimum atomic E-state index is 0.708. The van der Waals surface area contributed by atoms with E-state index < -0.39 is 0 Å². The average molecular weight is 272 g/mol. The molecule has 0 fully saturated rings. The number of rotatable bonds is 1. The number of hydrogen-bond acceptors (Lipinski definition) is 2. The van der Waals surface area contributed by atoms with Gasteiger partial charge < -0.3 is 10.3 Å². The van der Waals surface area contributed by atoms with E-state index >= 15 is 0 Å². The van der Waals surface area contributed by atoms with Crippen molar-refractivity contribution in [3.8, 4) is 11.4 Å². The number of nitrogens with two attached hydrogens (primary N) is 1. The van der Waals surface area contributed by atoms with Crippen LogP contribution in [0.25, 0.3) is 22.4 Å². The molecule has 3 aromatic rings. The molecule has 0 aliphatic carbocycles. The first-order chi connectivity index (χ1) is 9.08. The first kappa shape index (κ1) is 12.1. The Balaban J connectivity index is 2.35. The molecule has 0 amide bonds. The van der Waals surface area contributed by atoms with E-state index in [1.54, 1.807) is 0 Å². The quantitative estimate of drug-likeness (QED) is 0.685. The molecule has 0 unspecified atom stereocenters. The van der Waals surface area contributed by atoms with Crippen molar-refractivity contribution in [3.05, 3.63) is 47.0 Å². The Kier molecular flexibility index (Phi) is 2.72. The average Bonchev–Trinajstić information content (AvgIpc) is 2.67. The zero-order valence-corrected chi connectivity index (χ0v) is 11.6. The van der Waals surface area contributed by atoms with Gasteiger partial charge in [0.05, 0.1) is 11.0 Å². The first-order valence-electron chi connectivity index (χ1n) is 6.05. The van der Waals surface area contributed by atoms with E-state index in [0.717, 1.165) is 33.7 Å². The highest BCUT2D eigenvalue weighted by molar-refractivity contribution is 6.31. The van der Waals surface area contributed by atoms with Crippen LogP contribution in [0.2, 0.25) is 5.02 Å². The highest BCUT2D eigenvalue weighted by atomic mass is 35.5. The molecule has 3 nitrogen and oxygen atoms in total. The standard InChI is InChI=1S/C15H14ClN3/c1-9-4-3-5-11(17)14(9)15-18-12-7-6-10(16)8-13(12)19(15)2/h3-8H,17H2,1-2H3. The van der Waals surface area contributed by atoms with E-state index in [4.69, 9.17) is 17.3 Å². The van der Waals surface area contributed by atoms with Crippen LogP contribution in [0.5, 0.6) is 0 Å². The SMILES string of the molecule is Cc1cccc(N)c1-c1nc2ccc(Cl)cc2n1C. The Bertz CT molecular complexity index is 754. The smallest absolute Gasteiger partial charge is 0.143 e. The number of aromatic nitrogens is 2. The van der Waals surface area contributed by atoms with Crippen LogP contribution in [0.1, 0.15) is 5.56 Å². The Morgan fingerprint density at radius 1 is 1.21 bits per heavy atom. The summed E-state index contributed by atoms with van der Waals surface area (Å²) in [5.41, 5.74) is 10.9. The van der Waals surface area contributed by atoms with Crippen molar-refractivity contribution in [3.63, 3.8) is 0 Å². The molecular weight excluding hydrogens is 258 g/mol. The maximum absolute atomic E-state index is 6.09. The van der Waals surface area contributed by atoms with Crippen LogP contribution in [0.4, 0.5) is 5.69 Å². The summed E-state index contributed by atoms with van der Waals surface area (Å²) in [5, 5.41) is 0.708. The summed E-state index contributed by atoms with van der Waals surface area (Å²) in [6, 6.07) is 11.6. The topological polar surface area (TPSA) is 43.8 Å². The zero-order valence-electron chi connectivity index (χ0n) is 10.8. The molecule has 0 spiro atoms. The molecule has 2 N–H and O–H groups in total. The third-order valence-electron chi connectivity index (χ3n) is 3.37. The molecule has 0 saturated carbocycles. The van der Waals surface area contributed by atoms with Crippen molar-refractivity contribution in [1.29, 1.82) is 0 Å². The van der Waals surface area contributed by atoms with Crippen molar-refractivity contribution >= 4 is 28.3 Å². The lowest BCUT2D eigenvalue weighted by Gasteiger charge is -2.09. The molecule has 0 saturated heterocycles. The van der Waals surface area contributed by atoms with Gasteiger partial charge in [0, 0.05) is 23.3 Å². The van der Waals surface area contributed by atoms with Gasteiger partial charge in [0.15, 0.2) is 0 Å². The van der Waals surface area contributed by atoms with E-state index in [1.165, 1.54) is 0 Å². The Morgan fingerprint density at radius 3 is 2.74 bits per heavy atom. The third kappa shape index (κ3) is 1.87. The molecule has 1 heterocycles. The van der Waals surface area contributed by atoms with Crippen molar-refractivity contribution in [1.82, 2.24) is 9.55 Å². The number of benzene rings is 2. The largest absolute Gasteiger partial charge is 0.398 e. The number of imidazole rings is 1. The molecule has 0 aliphatic rings. The lowest BCUT2D eigenvalue weighted by atomic mass is 10.1. The van der Waals surface area contributed by atoms with Gasteiger partial charge in [-0.2, -0.15) is 0 Å². The first-order valence-corrected chi connectivity index (χ1v) is 6.43. The van der Waals surface area contributed by atoms with Gasteiger partial charge in [0.2, 0.25) is 0 Å². The molecule has 1 aromatic heterocycles. The summed E-state index contributed by atoms with van der Waals surface area (Å²) in [5.74, 6) is 0.868. The number of halogens is 1. The van der Waals surface area contributed by atoms with Crippen molar-refractivity contribution in [2.24, 2.45) is 7.05 Å². The van der Waals surface area contributed by atoms with Gasteiger partial charge in [-0.05, 0) is 36.8 Å². The fraction of sp³-hybridized carbons (Fsp3) is 0.133. The molecule has 0 bridgehead atoms. The predicted molar refractivity (Wildman–Crippen MR) is 80.3 cm³/mol. The minimum Gasteiger partial charge on any atom is -0.398 e. The zero-order chi connectivity index (χ0) is 13.6. The van der Waals surface area contributed by atoms with E-state index in [2.05, 4.69) is 4.98 Å². The van der Waals surface area contributed by atoms with Crippen molar-refractivity contribution in [2.45, 2.75) is 6.92 Å². The van der Waals surface area contributed by atoms with Crippen molar-refractivity contribution in [2.75, 3.05) is 5.73 Å². The number of nitrogens with zero attached hydrogens (tertiary/aromatic N) is 2. The van der Waals surface area contributed by atoms with Crippen LogP contribution in [0, 0.1) is 6.92 Å². The molecule has 4 heteroatoms. The van der Waals surface area contributed by atoms with Crippen LogP contribution < -0.4 is 5.73 Å². The van der Waals surface area contributed by atoms with Gasteiger partial charge in [-0.25, -0.2) is 4.98 Å². The lowest BCUT2D eigenvalue weighted by Crippen LogP contribution is -1.98. The monoisotopic (exact) mass is 271 g/mol. The van der Waals surface area contributed by atoms with Gasteiger partial charge in [-0.1, -0.05) is 23.7 Å². The van der Waals surface area contributed by atoms with Crippen LogP contribution in [0.15, 0.2) is 36.4 Å². The summed E-state index contributed by atoms with van der Waals surface area (Å²) in [4.78, 5) is 4.67. The van der Waals surface area contributed by atoms with E-state index in [1.807, 2.05) is 54.9 Å². The Morgan fingerprint density at radius 2 is 2.00 bits per heavy atom. The number of anilines is 1. The molecule has 96 valence electrons. The number of nitrogen functional groups attached to an aromatic ring is 1. The minimum absolute atomic E-state index is 0.708. The van der Waals surface area contributed by atoms with Crippen LogP contribution in [0.3, 0.4) is 0 Å². The molecule has 0 atom stereocenters. The van der Waals surface area contributed by atoms with Crippen LogP contribution in [-0.4, -0.2) is 9.55 Å². The van der Waals surface area contributed by atoms with Gasteiger partial charge >= 0.3 is 0 Å². The molecule has 19 heavy (non-hydrogen) atoms. The molecule has 2 aromatic carbocycles. The predicted octanol–water partition coefficient (Wildman–Crippen LogP) is 3.78.